The highest BCUT2D eigenvalue weighted by Crippen LogP contribution is 2.19. The fraction of sp³-hybridized carbons (Fsp3) is 0.294. The fourth-order valence-electron chi connectivity index (χ4n) is 2.27. The van der Waals surface area contributed by atoms with Crippen LogP contribution >= 0.6 is 0 Å². The number of amides is 1. The van der Waals surface area contributed by atoms with Crippen molar-refractivity contribution in [1.29, 1.82) is 0 Å². The van der Waals surface area contributed by atoms with Crippen molar-refractivity contribution in [1.82, 2.24) is 20.0 Å². The molecule has 0 atom stereocenters. The summed E-state index contributed by atoms with van der Waals surface area (Å²) in [6.45, 7) is 3.97. The van der Waals surface area contributed by atoms with Gasteiger partial charge in [0.2, 0.25) is 5.91 Å². The lowest BCUT2D eigenvalue weighted by atomic mass is 10.4. The van der Waals surface area contributed by atoms with Crippen molar-refractivity contribution in [2.45, 2.75) is 31.2 Å². The molecule has 0 radical (unpaired) electrons. The second-order valence-electron chi connectivity index (χ2n) is 6.12. The average Bonchev–Trinajstić information content (AvgIpc) is 3.30. The Morgan fingerprint density at radius 3 is 2.59 bits per heavy atom. The van der Waals surface area contributed by atoms with Crippen LogP contribution in [0.4, 0.5) is 6.01 Å². The third-order valence-corrected chi connectivity index (χ3v) is 5.46. The minimum absolute atomic E-state index is 0.105. The van der Waals surface area contributed by atoms with E-state index in [1.807, 2.05) is 13.8 Å². The van der Waals surface area contributed by atoms with Gasteiger partial charge < -0.3 is 4.42 Å². The molecule has 2 aromatic heterocycles. The fourth-order valence-corrected chi connectivity index (χ4v) is 3.53. The zero-order chi connectivity index (χ0) is 19.4. The zero-order valence-corrected chi connectivity index (χ0v) is 15.7. The topological polar surface area (TPSA) is 120 Å². The summed E-state index contributed by atoms with van der Waals surface area (Å²) in [5, 5.41) is 14.3. The highest BCUT2D eigenvalue weighted by Gasteiger charge is 2.18. The first-order valence-corrected chi connectivity index (χ1v) is 9.97. The summed E-state index contributed by atoms with van der Waals surface area (Å²) < 4.78 is 31.5. The van der Waals surface area contributed by atoms with Gasteiger partial charge in [-0.05, 0) is 32.0 Å². The van der Waals surface area contributed by atoms with Crippen LogP contribution in [0, 0.1) is 0 Å². The Hall–Kier alpha value is -3.01. The molecule has 0 aliphatic carbocycles. The smallest absolute Gasteiger partial charge is 0.322 e. The van der Waals surface area contributed by atoms with Gasteiger partial charge >= 0.3 is 6.01 Å². The lowest BCUT2D eigenvalue weighted by molar-refractivity contribution is -0.115. The first-order valence-electron chi connectivity index (χ1n) is 8.32. The molecular formula is C17H19N5O4S. The molecule has 9 nitrogen and oxygen atoms in total. The van der Waals surface area contributed by atoms with Gasteiger partial charge in [-0.1, -0.05) is 23.3 Å². The third kappa shape index (κ3) is 4.59. The Labute approximate surface area is 156 Å². The molecular weight excluding hydrogens is 370 g/mol. The molecule has 0 unspecified atom stereocenters. The summed E-state index contributed by atoms with van der Waals surface area (Å²) in [4.78, 5) is 12.2. The van der Waals surface area contributed by atoms with Crippen LogP contribution in [0.25, 0.3) is 11.6 Å². The Morgan fingerprint density at radius 2 is 1.93 bits per heavy atom. The molecule has 0 saturated carbocycles. The van der Waals surface area contributed by atoms with Crippen LogP contribution in [0.2, 0.25) is 0 Å². The van der Waals surface area contributed by atoms with E-state index in [2.05, 4.69) is 20.6 Å². The number of hydrogen-bond donors (Lipinski definition) is 1. The summed E-state index contributed by atoms with van der Waals surface area (Å²) in [5.41, 5.74) is 0.489. The van der Waals surface area contributed by atoms with E-state index >= 15 is 0 Å². The molecule has 0 saturated heterocycles. The molecule has 0 bridgehead atoms. The van der Waals surface area contributed by atoms with Gasteiger partial charge in [-0.2, -0.15) is 5.10 Å². The molecule has 27 heavy (non-hydrogen) atoms. The quantitative estimate of drug-likeness (QED) is 0.658. The number of anilines is 1. The number of benzene rings is 1. The number of carbonyl (C=O) groups is 1. The van der Waals surface area contributed by atoms with Crippen molar-refractivity contribution in [3.8, 4) is 11.6 Å². The van der Waals surface area contributed by atoms with E-state index in [9.17, 15) is 13.2 Å². The number of nitrogens with one attached hydrogen (secondary N) is 1. The number of nitrogens with zero attached hydrogens (tertiary/aromatic N) is 4. The van der Waals surface area contributed by atoms with Crippen molar-refractivity contribution in [2.24, 2.45) is 0 Å². The average molecular weight is 389 g/mol. The molecule has 1 aromatic carbocycles. The maximum Gasteiger partial charge on any atom is 0.322 e. The summed E-state index contributed by atoms with van der Waals surface area (Å²) in [5.74, 6) is -0.679. The lowest BCUT2D eigenvalue weighted by Gasteiger charge is -2.04. The Balaban J connectivity index is 1.59. The second kappa shape index (κ2) is 7.70. The number of sulfone groups is 1. The summed E-state index contributed by atoms with van der Waals surface area (Å²) in [7, 11) is -3.53. The van der Waals surface area contributed by atoms with Gasteiger partial charge in [-0.3, -0.25) is 14.8 Å². The standard InChI is InChI=1S/C17H19N5O4S/c1-12(2)22-10-8-14(21-22)16-19-20-17(26-16)18-15(23)9-11-27(24,25)13-6-4-3-5-7-13/h3-8,10,12H,9,11H2,1-2H3,(H,18,20,23). The van der Waals surface area contributed by atoms with E-state index in [4.69, 9.17) is 4.42 Å². The van der Waals surface area contributed by atoms with Crippen LogP contribution in [0.3, 0.4) is 0 Å². The monoisotopic (exact) mass is 389 g/mol. The predicted octanol–water partition coefficient (Wildman–Crippen LogP) is 2.32. The summed E-state index contributed by atoms with van der Waals surface area (Å²) >= 11 is 0. The van der Waals surface area contributed by atoms with E-state index in [1.165, 1.54) is 12.1 Å². The van der Waals surface area contributed by atoms with Gasteiger partial charge in [0.25, 0.3) is 5.89 Å². The number of hydrogen-bond acceptors (Lipinski definition) is 7. The van der Waals surface area contributed by atoms with Crippen molar-refractivity contribution < 1.29 is 17.6 Å². The van der Waals surface area contributed by atoms with Crippen molar-refractivity contribution >= 4 is 21.8 Å². The molecule has 3 aromatic rings. The summed E-state index contributed by atoms with van der Waals surface area (Å²) in [6, 6.07) is 9.79. The van der Waals surface area contributed by atoms with Crippen LogP contribution in [-0.2, 0) is 14.6 Å². The van der Waals surface area contributed by atoms with Crippen LogP contribution < -0.4 is 5.32 Å². The molecule has 3 rings (SSSR count). The number of aromatic nitrogens is 4. The SMILES string of the molecule is CC(C)n1ccc(-c2nnc(NC(=O)CCS(=O)(=O)c3ccccc3)o2)n1. The van der Waals surface area contributed by atoms with Gasteiger partial charge in [0.05, 0.1) is 10.6 Å². The van der Waals surface area contributed by atoms with Crippen LogP contribution in [0.15, 0.2) is 51.9 Å². The molecule has 0 fully saturated rings. The Kier molecular flexibility index (Phi) is 5.36. The van der Waals surface area contributed by atoms with E-state index in [0.717, 1.165) is 0 Å². The molecule has 142 valence electrons. The van der Waals surface area contributed by atoms with E-state index < -0.39 is 15.7 Å². The minimum Gasteiger partial charge on any atom is -0.401 e. The normalized spacial score (nSPS) is 11.7. The van der Waals surface area contributed by atoms with Crippen LogP contribution in [0.1, 0.15) is 26.3 Å². The number of rotatable bonds is 7. The van der Waals surface area contributed by atoms with Gasteiger partial charge in [0.1, 0.15) is 5.69 Å². The van der Waals surface area contributed by atoms with Gasteiger partial charge in [0.15, 0.2) is 9.84 Å². The van der Waals surface area contributed by atoms with Gasteiger partial charge in [0, 0.05) is 18.7 Å². The lowest BCUT2D eigenvalue weighted by Crippen LogP contribution is -2.17. The first-order chi connectivity index (χ1) is 12.8. The van der Waals surface area contributed by atoms with Crippen molar-refractivity contribution in [3.05, 3.63) is 42.6 Å². The first kappa shape index (κ1) is 18.8. The molecule has 0 aliphatic heterocycles. The van der Waals surface area contributed by atoms with Crippen molar-refractivity contribution in [3.63, 3.8) is 0 Å². The molecule has 1 amide bonds. The summed E-state index contributed by atoms with van der Waals surface area (Å²) in [6.07, 6.45) is 1.56. The largest absolute Gasteiger partial charge is 0.401 e. The van der Waals surface area contributed by atoms with Gasteiger partial charge in [-0.25, -0.2) is 8.42 Å². The molecule has 1 N–H and O–H groups in total. The highest BCUT2D eigenvalue weighted by molar-refractivity contribution is 7.91. The van der Waals surface area contributed by atoms with Crippen LogP contribution in [0.5, 0.6) is 0 Å². The molecule has 10 heteroatoms. The van der Waals surface area contributed by atoms with E-state index in [-0.39, 0.29) is 35.0 Å². The maximum absolute atomic E-state index is 12.2. The molecule has 0 spiro atoms. The van der Waals surface area contributed by atoms with Crippen LogP contribution in [-0.4, -0.2) is 40.1 Å². The van der Waals surface area contributed by atoms with Gasteiger partial charge in [-0.15, -0.1) is 5.10 Å². The predicted molar refractivity (Wildman–Crippen MR) is 97.6 cm³/mol. The third-order valence-electron chi connectivity index (χ3n) is 3.73. The molecule has 0 aliphatic rings. The van der Waals surface area contributed by atoms with E-state index in [1.54, 1.807) is 35.1 Å². The Morgan fingerprint density at radius 1 is 1.19 bits per heavy atom. The van der Waals surface area contributed by atoms with Crippen molar-refractivity contribution in [2.75, 3.05) is 11.1 Å². The zero-order valence-electron chi connectivity index (χ0n) is 14.9. The highest BCUT2D eigenvalue weighted by atomic mass is 32.2. The molecule has 2 heterocycles. The minimum atomic E-state index is -3.53. The number of carbonyl (C=O) groups excluding carboxylic acids is 1. The maximum atomic E-state index is 12.2. The Bertz CT molecular complexity index is 1020. The van der Waals surface area contributed by atoms with E-state index in [0.29, 0.717) is 5.69 Å². The second-order valence-corrected chi connectivity index (χ2v) is 8.23.